The highest BCUT2D eigenvalue weighted by molar-refractivity contribution is 5.98. The van der Waals surface area contributed by atoms with E-state index in [1.165, 1.54) is 0 Å². The highest BCUT2D eigenvalue weighted by Gasteiger charge is 2.39. The van der Waals surface area contributed by atoms with E-state index >= 15 is 0 Å². The number of benzene rings is 1. The molecular weight excluding hydrogens is 290 g/mol. The van der Waals surface area contributed by atoms with Crippen LogP contribution >= 0.6 is 0 Å². The quantitative estimate of drug-likeness (QED) is 0.894. The van der Waals surface area contributed by atoms with E-state index in [4.69, 9.17) is 5.73 Å². The zero-order chi connectivity index (χ0) is 16.4. The number of anilines is 1. The first-order valence-electron chi connectivity index (χ1n) is 8.52. The van der Waals surface area contributed by atoms with E-state index in [-0.39, 0.29) is 23.8 Å². The molecule has 5 nitrogen and oxygen atoms in total. The van der Waals surface area contributed by atoms with Gasteiger partial charge in [-0.1, -0.05) is 13.0 Å². The molecule has 2 amide bonds. The number of carbonyl (C=O) groups excluding carboxylic acids is 2. The number of nitrogens with two attached hydrogens (primary N) is 1. The Morgan fingerprint density at radius 2 is 2.13 bits per heavy atom. The number of likely N-dealkylation sites (tertiary alicyclic amines) is 1. The molecule has 3 rings (SSSR count). The van der Waals surface area contributed by atoms with Crippen LogP contribution in [-0.2, 0) is 4.79 Å². The summed E-state index contributed by atoms with van der Waals surface area (Å²) in [7, 11) is 0. The van der Waals surface area contributed by atoms with E-state index in [0.29, 0.717) is 23.7 Å². The third kappa shape index (κ3) is 3.55. The lowest BCUT2D eigenvalue weighted by atomic mass is 10.0. The van der Waals surface area contributed by atoms with Gasteiger partial charge in [0.1, 0.15) is 0 Å². The van der Waals surface area contributed by atoms with Gasteiger partial charge in [-0.2, -0.15) is 0 Å². The van der Waals surface area contributed by atoms with Crippen molar-refractivity contribution in [3.63, 3.8) is 0 Å². The van der Waals surface area contributed by atoms with Crippen LogP contribution < -0.4 is 11.1 Å². The first-order chi connectivity index (χ1) is 11.1. The maximum atomic E-state index is 12.8. The number of hydrogen-bond acceptors (Lipinski definition) is 3. The van der Waals surface area contributed by atoms with E-state index in [1.54, 1.807) is 12.1 Å². The fourth-order valence-corrected chi connectivity index (χ4v) is 3.33. The zero-order valence-electron chi connectivity index (χ0n) is 13.6. The second-order valence-electron chi connectivity index (χ2n) is 6.77. The van der Waals surface area contributed by atoms with Gasteiger partial charge in [-0.15, -0.1) is 0 Å². The Morgan fingerprint density at radius 3 is 2.83 bits per heavy atom. The SMILES string of the molecule is CC1CC1C(=O)Nc1cccc(C(=O)N2CCCCC2CN)c1. The number of hydrogen-bond donors (Lipinski definition) is 2. The Morgan fingerprint density at radius 1 is 1.35 bits per heavy atom. The number of rotatable bonds is 4. The minimum atomic E-state index is 0.0102. The molecule has 3 N–H and O–H groups in total. The number of carbonyl (C=O) groups is 2. The Labute approximate surface area is 137 Å². The molecule has 3 atom stereocenters. The summed E-state index contributed by atoms with van der Waals surface area (Å²) in [6.07, 6.45) is 4.08. The molecule has 1 saturated heterocycles. The van der Waals surface area contributed by atoms with Crippen LogP contribution in [0.3, 0.4) is 0 Å². The summed E-state index contributed by atoms with van der Waals surface area (Å²) in [5, 5.41) is 2.92. The minimum Gasteiger partial charge on any atom is -0.334 e. The van der Waals surface area contributed by atoms with E-state index < -0.39 is 0 Å². The van der Waals surface area contributed by atoms with Gasteiger partial charge < -0.3 is 16.0 Å². The van der Waals surface area contributed by atoms with Crippen LogP contribution in [-0.4, -0.2) is 35.8 Å². The fourth-order valence-electron chi connectivity index (χ4n) is 3.33. The predicted molar refractivity (Wildman–Crippen MR) is 90.1 cm³/mol. The van der Waals surface area contributed by atoms with Crippen molar-refractivity contribution in [2.75, 3.05) is 18.4 Å². The first-order valence-corrected chi connectivity index (χ1v) is 8.52. The number of amides is 2. The molecule has 23 heavy (non-hydrogen) atoms. The highest BCUT2D eigenvalue weighted by atomic mass is 16.2. The average molecular weight is 315 g/mol. The Kier molecular flexibility index (Phi) is 4.66. The second-order valence-corrected chi connectivity index (χ2v) is 6.77. The number of nitrogens with zero attached hydrogens (tertiary/aromatic N) is 1. The van der Waals surface area contributed by atoms with Gasteiger partial charge in [0.2, 0.25) is 5.91 Å². The Hall–Kier alpha value is -1.88. The van der Waals surface area contributed by atoms with Crippen LogP contribution in [0.4, 0.5) is 5.69 Å². The predicted octanol–water partition coefficient (Wildman–Crippen LogP) is 2.23. The van der Waals surface area contributed by atoms with Crippen LogP contribution in [0.5, 0.6) is 0 Å². The first kappa shape index (κ1) is 16.0. The summed E-state index contributed by atoms with van der Waals surface area (Å²) in [5.41, 5.74) is 7.12. The smallest absolute Gasteiger partial charge is 0.254 e. The van der Waals surface area contributed by atoms with E-state index in [2.05, 4.69) is 12.2 Å². The van der Waals surface area contributed by atoms with Crippen molar-refractivity contribution in [1.82, 2.24) is 4.90 Å². The van der Waals surface area contributed by atoms with Gasteiger partial charge in [-0.05, 0) is 49.8 Å². The Bertz CT molecular complexity index is 602. The van der Waals surface area contributed by atoms with Gasteiger partial charge in [0.15, 0.2) is 0 Å². The summed E-state index contributed by atoms with van der Waals surface area (Å²) in [5.74, 6) is 0.660. The third-order valence-corrected chi connectivity index (χ3v) is 4.98. The largest absolute Gasteiger partial charge is 0.334 e. The van der Waals surface area contributed by atoms with Gasteiger partial charge in [0.05, 0.1) is 0 Å². The molecule has 2 fully saturated rings. The normalized spacial score (nSPS) is 26.7. The standard InChI is InChI=1S/C18H25N3O2/c1-12-9-16(12)17(22)20-14-6-4-5-13(10-14)18(23)21-8-3-2-7-15(21)11-19/h4-6,10,12,15-16H,2-3,7-9,11,19H2,1H3,(H,20,22). The molecule has 1 aromatic rings. The van der Waals surface area contributed by atoms with E-state index in [1.807, 2.05) is 17.0 Å². The van der Waals surface area contributed by atoms with Gasteiger partial charge >= 0.3 is 0 Å². The Balaban J connectivity index is 1.71. The summed E-state index contributed by atoms with van der Waals surface area (Å²) in [4.78, 5) is 26.7. The van der Waals surface area contributed by atoms with Crippen molar-refractivity contribution in [2.24, 2.45) is 17.6 Å². The summed E-state index contributed by atoms with van der Waals surface area (Å²) < 4.78 is 0. The average Bonchev–Trinajstić information content (AvgIpc) is 3.31. The number of piperidine rings is 1. The van der Waals surface area contributed by atoms with Crippen molar-refractivity contribution >= 4 is 17.5 Å². The molecule has 2 aliphatic rings. The highest BCUT2D eigenvalue weighted by Crippen LogP contribution is 2.38. The van der Waals surface area contributed by atoms with Crippen molar-refractivity contribution in [2.45, 2.75) is 38.6 Å². The molecule has 0 bridgehead atoms. The monoisotopic (exact) mass is 315 g/mol. The molecule has 0 radical (unpaired) electrons. The molecule has 1 heterocycles. The third-order valence-electron chi connectivity index (χ3n) is 4.98. The number of nitrogens with one attached hydrogen (secondary N) is 1. The maximum Gasteiger partial charge on any atom is 0.254 e. The second kappa shape index (κ2) is 6.71. The van der Waals surface area contributed by atoms with Crippen LogP contribution in [0.15, 0.2) is 24.3 Å². The van der Waals surface area contributed by atoms with E-state index in [0.717, 1.165) is 32.2 Å². The van der Waals surface area contributed by atoms with Crippen LogP contribution in [0.2, 0.25) is 0 Å². The van der Waals surface area contributed by atoms with Gasteiger partial charge in [-0.25, -0.2) is 0 Å². The van der Waals surface area contributed by atoms with Gasteiger partial charge in [-0.3, -0.25) is 9.59 Å². The lowest BCUT2D eigenvalue weighted by Crippen LogP contribution is -2.47. The molecule has 1 aromatic carbocycles. The summed E-state index contributed by atoms with van der Waals surface area (Å²) in [6.45, 7) is 3.34. The van der Waals surface area contributed by atoms with Gasteiger partial charge in [0, 0.05) is 36.3 Å². The molecule has 0 aromatic heterocycles. The lowest BCUT2D eigenvalue weighted by Gasteiger charge is -2.35. The molecular formula is C18H25N3O2. The zero-order valence-corrected chi connectivity index (χ0v) is 13.6. The molecule has 3 unspecified atom stereocenters. The van der Waals surface area contributed by atoms with Crippen molar-refractivity contribution in [3.8, 4) is 0 Å². The van der Waals surface area contributed by atoms with Crippen LogP contribution in [0.1, 0.15) is 43.0 Å². The summed E-state index contributed by atoms with van der Waals surface area (Å²) in [6, 6.07) is 7.36. The topological polar surface area (TPSA) is 75.4 Å². The van der Waals surface area contributed by atoms with Crippen molar-refractivity contribution in [3.05, 3.63) is 29.8 Å². The molecule has 1 saturated carbocycles. The molecule has 124 valence electrons. The van der Waals surface area contributed by atoms with Crippen LogP contribution in [0.25, 0.3) is 0 Å². The lowest BCUT2D eigenvalue weighted by molar-refractivity contribution is -0.117. The molecule has 1 aliphatic carbocycles. The molecule has 5 heteroatoms. The molecule has 0 spiro atoms. The van der Waals surface area contributed by atoms with Crippen molar-refractivity contribution < 1.29 is 9.59 Å². The minimum absolute atomic E-state index is 0.0102. The maximum absolute atomic E-state index is 12.8. The molecule has 1 aliphatic heterocycles. The van der Waals surface area contributed by atoms with Crippen molar-refractivity contribution in [1.29, 1.82) is 0 Å². The van der Waals surface area contributed by atoms with E-state index in [9.17, 15) is 9.59 Å². The van der Waals surface area contributed by atoms with Gasteiger partial charge in [0.25, 0.3) is 5.91 Å². The fraction of sp³-hybridized carbons (Fsp3) is 0.556. The summed E-state index contributed by atoms with van der Waals surface area (Å²) >= 11 is 0. The van der Waals surface area contributed by atoms with Crippen LogP contribution in [0, 0.1) is 11.8 Å².